The lowest BCUT2D eigenvalue weighted by atomic mass is 10.1. The van der Waals surface area contributed by atoms with Crippen molar-refractivity contribution in [2.75, 3.05) is 26.2 Å². The number of nitrogens with zero attached hydrogens (tertiary/aromatic N) is 2. The lowest BCUT2D eigenvalue weighted by molar-refractivity contribution is 0.0943. The van der Waals surface area contributed by atoms with Gasteiger partial charge in [-0.25, -0.2) is 4.98 Å². The van der Waals surface area contributed by atoms with Gasteiger partial charge in [0.25, 0.3) is 0 Å². The van der Waals surface area contributed by atoms with Crippen LogP contribution in [0.5, 0.6) is 0 Å². The molecule has 1 aromatic rings. The van der Waals surface area contributed by atoms with Gasteiger partial charge in [0.05, 0.1) is 6.54 Å². The van der Waals surface area contributed by atoms with E-state index in [1.807, 2.05) is 5.38 Å². The van der Waals surface area contributed by atoms with Crippen LogP contribution in [-0.2, 0) is 0 Å². The monoisotopic (exact) mass is 261 g/mol. The first-order valence-electron chi connectivity index (χ1n) is 5.14. The molecule has 1 unspecified atom stereocenters. The highest BCUT2D eigenvalue weighted by molar-refractivity contribution is 7.11. The summed E-state index contributed by atoms with van der Waals surface area (Å²) in [4.78, 5) is 17.9. The van der Waals surface area contributed by atoms with Gasteiger partial charge in [-0.1, -0.05) is 0 Å². The first-order chi connectivity index (χ1) is 7.29. The van der Waals surface area contributed by atoms with E-state index in [-0.39, 0.29) is 18.2 Å². The van der Waals surface area contributed by atoms with E-state index >= 15 is 0 Å². The number of likely N-dealkylation sites (tertiary alicyclic amines) is 1. The topological polar surface area (TPSA) is 59.2 Å². The third kappa shape index (κ3) is 3.25. The number of aromatic nitrogens is 1. The van der Waals surface area contributed by atoms with E-state index in [9.17, 15) is 4.79 Å². The van der Waals surface area contributed by atoms with Crippen molar-refractivity contribution in [2.24, 2.45) is 11.7 Å². The van der Waals surface area contributed by atoms with Crippen LogP contribution < -0.4 is 5.73 Å². The molecule has 2 N–H and O–H groups in total. The number of carbonyl (C=O) groups excluding carboxylic acids is 1. The van der Waals surface area contributed by atoms with Crippen molar-refractivity contribution in [3.8, 4) is 0 Å². The number of rotatable bonds is 4. The van der Waals surface area contributed by atoms with Gasteiger partial charge in [0, 0.05) is 18.1 Å². The Morgan fingerprint density at radius 1 is 1.69 bits per heavy atom. The summed E-state index contributed by atoms with van der Waals surface area (Å²) < 4.78 is 0. The molecule has 1 fully saturated rings. The Hall–Kier alpha value is -0.490. The van der Waals surface area contributed by atoms with Gasteiger partial charge in [0.15, 0.2) is 5.01 Å². The lowest BCUT2D eigenvalue weighted by Crippen LogP contribution is -2.28. The third-order valence-electron chi connectivity index (χ3n) is 2.74. The predicted molar refractivity (Wildman–Crippen MR) is 67.3 cm³/mol. The molecule has 0 amide bonds. The summed E-state index contributed by atoms with van der Waals surface area (Å²) in [6, 6.07) is 0. The molecule has 1 saturated heterocycles. The second kappa shape index (κ2) is 6.30. The Kier molecular flexibility index (Phi) is 5.34. The smallest absolute Gasteiger partial charge is 0.205 e. The molecule has 0 radical (unpaired) electrons. The Bertz CT molecular complexity index is 331. The molecule has 2 rings (SSSR count). The zero-order chi connectivity index (χ0) is 10.7. The molecule has 1 aromatic heterocycles. The molecule has 0 saturated carbocycles. The fraction of sp³-hybridized carbons (Fsp3) is 0.600. The van der Waals surface area contributed by atoms with Crippen LogP contribution in [0.4, 0.5) is 0 Å². The van der Waals surface area contributed by atoms with E-state index in [2.05, 4.69) is 9.88 Å². The quantitative estimate of drug-likeness (QED) is 0.823. The average Bonchev–Trinajstić information content (AvgIpc) is 2.87. The molecule has 0 aliphatic carbocycles. The van der Waals surface area contributed by atoms with Crippen molar-refractivity contribution >= 4 is 29.5 Å². The summed E-state index contributed by atoms with van der Waals surface area (Å²) in [6.07, 6.45) is 2.78. The predicted octanol–water partition coefficient (Wildman–Crippen LogP) is 1.03. The summed E-state index contributed by atoms with van der Waals surface area (Å²) in [5.74, 6) is 0.691. The van der Waals surface area contributed by atoms with Gasteiger partial charge in [-0.2, -0.15) is 0 Å². The molecule has 1 aliphatic heterocycles. The normalized spacial score (nSPS) is 20.7. The zero-order valence-electron chi connectivity index (χ0n) is 8.96. The minimum atomic E-state index is 0. The highest BCUT2D eigenvalue weighted by atomic mass is 35.5. The van der Waals surface area contributed by atoms with Crippen LogP contribution in [0.25, 0.3) is 0 Å². The van der Waals surface area contributed by atoms with Crippen molar-refractivity contribution in [1.29, 1.82) is 0 Å². The molecule has 0 spiro atoms. The number of ketones is 1. The van der Waals surface area contributed by atoms with Crippen molar-refractivity contribution in [3.63, 3.8) is 0 Å². The highest BCUT2D eigenvalue weighted by Gasteiger charge is 2.23. The van der Waals surface area contributed by atoms with E-state index in [0.29, 0.717) is 17.5 Å². The van der Waals surface area contributed by atoms with Crippen molar-refractivity contribution in [2.45, 2.75) is 6.42 Å². The molecular formula is C10H16ClN3OS. The number of carbonyl (C=O) groups is 1. The maximum atomic E-state index is 11.7. The number of Topliss-reactive ketones (excluding diaryl/α,β-unsaturated/α-hetero) is 1. The number of hydrogen-bond acceptors (Lipinski definition) is 5. The minimum Gasteiger partial charge on any atom is -0.330 e. The highest BCUT2D eigenvalue weighted by Crippen LogP contribution is 2.15. The van der Waals surface area contributed by atoms with Crippen LogP contribution in [0.15, 0.2) is 11.6 Å². The second-order valence-electron chi connectivity index (χ2n) is 3.89. The average molecular weight is 262 g/mol. The Balaban J connectivity index is 0.00000128. The number of nitrogens with two attached hydrogens (primary N) is 1. The fourth-order valence-electron chi connectivity index (χ4n) is 1.88. The van der Waals surface area contributed by atoms with E-state index in [4.69, 9.17) is 5.73 Å². The van der Waals surface area contributed by atoms with E-state index in [0.717, 1.165) is 26.1 Å². The SMILES string of the molecule is Cl.NCC1CCN(CC(=O)c2nccs2)C1. The number of halogens is 1. The summed E-state index contributed by atoms with van der Waals surface area (Å²) in [5.41, 5.74) is 5.60. The number of hydrogen-bond donors (Lipinski definition) is 1. The molecule has 2 heterocycles. The molecule has 0 aromatic carbocycles. The zero-order valence-corrected chi connectivity index (χ0v) is 10.6. The summed E-state index contributed by atoms with van der Waals surface area (Å²) >= 11 is 1.41. The van der Waals surface area contributed by atoms with Crippen molar-refractivity contribution in [1.82, 2.24) is 9.88 Å². The van der Waals surface area contributed by atoms with Crippen LogP contribution in [0.3, 0.4) is 0 Å². The first-order valence-corrected chi connectivity index (χ1v) is 6.02. The summed E-state index contributed by atoms with van der Waals surface area (Å²) in [7, 11) is 0. The lowest BCUT2D eigenvalue weighted by Gasteiger charge is -2.13. The molecule has 1 aliphatic rings. The summed E-state index contributed by atoms with van der Waals surface area (Å²) in [6.45, 7) is 3.15. The van der Waals surface area contributed by atoms with Crippen molar-refractivity contribution in [3.05, 3.63) is 16.6 Å². The van der Waals surface area contributed by atoms with Crippen LogP contribution in [0.2, 0.25) is 0 Å². The van der Waals surface area contributed by atoms with E-state index < -0.39 is 0 Å². The largest absolute Gasteiger partial charge is 0.330 e. The summed E-state index contributed by atoms with van der Waals surface area (Å²) in [5, 5.41) is 2.45. The van der Waals surface area contributed by atoms with Crippen LogP contribution in [0, 0.1) is 5.92 Å². The molecule has 4 nitrogen and oxygen atoms in total. The van der Waals surface area contributed by atoms with Crippen LogP contribution in [-0.4, -0.2) is 41.8 Å². The van der Waals surface area contributed by atoms with Gasteiger partial charge in [0.1, 0.15) is 0 Å². The molecule has 1 atom stereocenters. The number of thiazole rings is 1. The Morgan fingerprint density at radius 2 is 2.50 bits per heavy atom. The minimum absolute atomic E-state index is 0. The standard InChI is InChI=1S/C10H15N3OS.ClH/c11-5-8-1-3-13(6-8)7-9(14)10-12-2-4-15-10;/h2,4,8H,1,3,5-7,11H2;1H. The van der Waals surface area contributed by atoms with Gasteiger partial charge >= 0.3 is 0 Å². The maximum absolute atomic E-state index is 11.7. The first kappa shape index (κ1) is 13.6. The van der Waals surface area contributed by atoms with E-state index in [1.165, 1.54) is 11.3 Å². The molecule has 90 valence electrons. The van der Waals surface area contributed by atoms with Crippen molar-refractivity contribution < 1.29 is 4.79 Å². The van der Waals surface area contributed by atoms with Gasteiger partial charge in [-0.05, 0) is 25.4 Å². The second-order valence-corrected chi connectivity index (χ2v) is 4.78. The van der Waals surface area contributed by atoms with Gasteiger partial charge in [-0.15, -0.1) is 23.7 Å². The van der Waals surface area contributed by atoms with E-state index in [1.54, 1.807) is 6.20 Å². The fourth-order valence-corrected chi connectivity index (χ4v) is 2.45. The Morgan fingerprint density at radius 3 is 3.06 bits per heavy atom. The molecular weight excluding hydrogens is 246 g/mol. The van der Waals surface area contributed by atoms with Gasteiger partial charge < -0.3 is 5.73 Å². The van der Waals surface area contributed by atoms with Crippen LogP contribution >= 0.6 is 23.7 Å². The third-order valence-corrected chi connectivity index (χ3v) is 3.56. The maximum Gasteiger partial charge on any atom is 0.205 e. The molecule has 0 bridgehead atoms. The van der Waals surface area contributed by atoms with Gasteiger partial charge in [0.2, 0.25) is 5.78 Å². The molecule has 16 heavy (non-hydrogen) atoms. The van der Waals surface area contributed by atoms with Crippen LogP contribution in [0.1, 0.15) is 16.2 Å². The molecule has 6 heteroatoms. The Labute approximate surface area is 105 Å². The van der Waals surface area contributed by atoms with Gasteiger partial charge in [-0.3, -0.25) is 9.69 Å².